The molecule has 0 spiro atoms. The number of nitrogens with one attached hydrogen (secondary N) is 1. The number of rotatable bonds is 3. The molecule has 0 amide bonds. The maximum Gasteiger partial charge on any atom is 0.0624 e. The van der Waals surface area contributed by atoms with Gasteiger partial charge in [-0.25, -0.2) is 0 Å². The molecule has 1 heterocycles. The van der Waals surface area contributed by atoms with E-state index in [0.717, 1.165) is 31.7 Å². The van der Waals surface area contributed by atoms with Crippen molar-refractivity contribution in [3.8, 4) is 0 Å². The molecule has 3 nitrogen and oxygen atoms in total. The molecule has 1 aliphatic heterocycles. The molecule has 2 aliphatic rings. The molecule has 2 rings (SSSR count). The summed E-state index contributed by atoms with van der Waals surface area (Å²) in [6.07, 6.45) is 2.65. The number of hydrogen-bond donors (Lipinski definition) is 2. The zero-order valence-corrected chi connectivity index (χ0v) is 9.25. The van der Waals surface area contributed by atoms with Gasteiger partial charge in [-0.2, -0.15) is 0 Å². The summed E-state index contributed by atoms with van der Waals surface area (Å²) in [6, 6.07) is 0.933. The van der Waals surface area contributed by atoms with Gasteiger partial charge in [0.05, 0.1) is 13.2 Å². The van der Waals surface area contributed by atoms with Gasteiger partial charge in [0.25, 0.3) is 0 Å². The molecule has 82 valence electrons. The second-order valence-corrected chi connectivity index (χ2v) is 5.43. The van der Waals surface area contributed by atoms with Gasteiger partial charge in [-0.05, 0) is 18.8 Å². The molecule has 0 aromatic rings. The lowest BCUT2D eigenvalue weighted by molar-refractivity contribution is 0.146. The Kier molecular flexibility index (Phi) is 2.82. The normalized spacial score (nSPS) is 47.8. The van der Waals surface area contributed by atoms with Crippen LogP contribution in [0, 0.1) is 11.3 Å². The summed E-state index contributed by atoms with van der Waals surface area (Å²) in [6.45, 7) is 7.07. The van der Waals surface area contributed by atoms with Crippen LogP contribution in [0.25, 0.3) is 0 Å². The van der Waals surface area contributed by atoms with Gasteiger partial charge in [-0.1, -0.05) is 13.8 Å². The highest BCUT2D eigenvalue weighted by Gasteiger charge is 2.38. The molecule has 0 aromatic carbocycles. The van der Waals surface area contributed by atoms with Gasteiger partial charge >= 0.3 is 0 Å². The van der Waals surface area contributed by atoms with Crippen LogP contribution in [0.3, 0.4) is 0 Å². The summed E-state index contributed by atoms with van der Waals surface area (Å²) in [5, 5.41) is 3.60. The average molecular weight is 198 g/mol. The molecule has 3 N–H and O–H groups in total. The molecule has 2 atom stereocenters. The lowest BCUT2D eigenvalue weighted by Gasteiger charge is -2.37. The van der Waals surface area contributed by atoms with Crippen LogP contribution in [0.2, 0.25) is 0 Å². The largest absolute Gasteiger partial charge is 0.379 e. The molecule has 1 aliphatic carbocycles. The van der Waals surface area contributed by atoms with Gasteiger partial charge in [-0.15, -0.1) is 0 Å². The lowest BCUT2D eigenvalue weighted by atomic mass is 9.80. The van der Waals surface area contributed by atoms with E-state index in [1.807, 2.05) is 0 Å². The molecular formula is C11H22N2O. The minimum absolute atomic E-state index is 0.152. The van der Waals surface area contributed by atoms with Crippen LogP contribution in [0.1, 0.15) is 26.7 Å². The van der Waals surface area contributed by atoms with Gasteiger partial charge in [-0.3, -0.25) is 0 Å². The Morgan fingerprint density at radius 1 is 1.50 bits per heavy atom. The Balaban J connectivity index is 1.74. The summed E-state index contributed by atoms with van der Waals surface area (Å²) in [5.41, 5.74) is 6.17. The molecule has 0 aromatic heterocycles. The first-order chi connectivity index (χ1) is 6.60. The zero-order valence-electron chi connectivity index (χ0n) is 9.25. The average Bonchev–Trinajstić information content (AvgIpc) is 2.40. The van der Waals surface area contributed by atoms with Crippen molar-refractivity contribution < 1.29 is 4.74 Å². The van der Waals surface area contributed by atoms with Crippen molar-refractivity contribution in [2.24, 2.45) is 17.1 Å². The minimum Gasteiger partial charge on any atom is -0.379 e. The zero-order chi connectivity index (χ0) is 10.2. The second kappa shape index (κ2) is 3.80. The van der Waals surface area contributed by atoms with Crippen LogP contribution in [0.15, 0.2) is 0 Å². The minimum atomic E-state index is 0.152. The van der Waals surface area contributed by atoms with E-state index in [1.165, 1.54) is 12.8 Å². The molecule has 2 fully saturated rings. The maximum atomic E-state index is 6.02. The third-order valence-corrected chi connectivity index (χ3v) is 3.79. The molecular weight excluding hydrogens is 176 g/mol. The third-order valence-electron chi connectivity index (χ3n) is 3.79. The molecule has 0 bridgehead atoms. The van der Waals surface area contributed by atoms with Crippen LogP contribution >= 0.6 is 0 Å². The topological polar surface area (TPSA) is 47.3 Å². The van der Waals surface area contributed by atoms with Crippen LogP contribution in [-0.4, -0.2) is 31.8 Å². The van der Waals surface area contributed by atoms with Gasteiger partial charge in [0, 0.05) is 24.0 Å². The van der Waals surface area contributed by atoms with Crippen molar-refractivity contribution >= 4 is 0 Å². The summed E-state index contributed by atoms with van der Waals surface area (Å²) >= 11 is 0. The Morgan fingerprint density at radius 3 is 2.71 bits per heavy atom. The molecule has 3 heteroatoms. The molecule has 14 heavy (non-hydrogen) atoms. The molecule has 0 radical (unpaired) electrons. The van der Waals surface area contributed by atoms with E-state index in [1.54, 1.807) is 0 Å². The second-order valence-electron chi connectivity index (χ2n) is 5.43. The van der Waals surface area contributed by atoms with Crippen molar-refractivity contribution in [1.29, 1.82) is 0 Å². The van der Waals surface area contributed by atoms with Gasteiger partial charge in [0.1, 0.15) is 0 Å². The van der Waals surface area contributed by atoms with Crippen LogP contribution in [0.4, 0.5) is 0 Å². The smallest absolute Gasteiger partial charge is 0.0624 e. The van der Waals surface area contributed by atoms with E-state index >= 15 is 0 Å². The summed E-state index contributed by atoms with van der Waals surface area (Å²) < 4.78 is 5.41. The quantitative estimate of drug-likeness (QED) is 0.703. The van der Waals surface area contributed by atoms with Gasteiger partial charge in [0.15, 0.2) is 0 Å². The first-order valence-electron chi connectivity index (χ1n) is 5.67. The van der Waals surface area contributed by atoms with Crippen molar-refractivity contribution in [2.45, 2.75) is 38.8 Å². The van der Waals surface area contributed by atoms with Crippen molar-refractivity contribution in [3.63, 3.8) is 0 Å². The predicted molar refractivity (Wildman–Crippen MR) is 57.1 cm³/mol. The first kappa shape index (κ1) is 10.4. The Labute approximate surface area is 86.4 Å². The standard InChI is InChI=1S/C11H22N2O/c1-8-3-9(4-8)13-6-11(2)7-14-5-10(11)12/h8-10,13H,3-7,12H2,1-2H3. The molecule has 1 saturated heterocycles. The van der Waals surface area contributed by atoms with Crippen LogP contribution < -0.4 is 11.1 Å². The number of hydrogen-bond acceptors (Lipinski definition) is 3. The number of ether oxygens (including phenoxy) is 1. The first-order valence-corrected chi connectivity index (χ1v) is 5.67. The van der Waals surface area contributed by atoms with E-state index in [-0.39, 0.29) is 11.5 Å². The van der Waals surface area contributed by atoms with Crippen molar-refractivity contribution in [2.75, 3.05) is 19.8 Å². The van der Waals surface area contributed by atoms with E-state index in [2.05, 4.69) is 19.2 Å². The maximum absolute atomic E-state index is 6.02. The lowest BCUT2D eigenvalue weighted by Crippen LogP contribution is -2.50. The third kappa shape index (κ3) is 1.95. The summed E-state index contributed by atoms with van der Waals surface area (Å²) in [5.74, 6) is 0.911. The van der Waals surface area contributed by atoms with Crippen LogP contribution in [-0.2, 0) is 4.74 Å². The Bertz CT molecular complexity index is 203. The van der Waals surface area contributed by atoms with Gasteiger partial charge in [0.2, 0.25) is 0 Å². The fourth-order valence-corrected chi connectivity index (χ4v) is 2.36. The SMILES string of the molecule is CC1CC(NCC2(C)COCC2N)C1. The molecule has 1 saturated carbocycles. The fraction of sp³-hybridized carbons (Fsp3) is 1.00. The van der Waals surface area contributed by atoms with E-state index in [0.29, 0.717) is 0 Å². The highest BCUT2D eigenvalue weighted by molar-refractivity contribution is 4.93. The Hall–Kier alpha value is -0.120. The highest BCUT2D eigenvalue weighted by Crippen LogP contribution is 2.30. The van der Waals surface area contributed by atoms with E-state index in [4.69, 9.17) is 10.5 Å². The monoisotopic (exact) mass is 198 g/mol. The van der Waals surface area contributed by atoms with E-state index < -0.39 is 0 Å². The fourth-order valence-electron chi connectivity index (χ4n) is 2.36. The summed E-state index contributed by atoms with van der Waals surface area (Å²) in [7, 11) is 0. The van der Waals surface area contributed by atoms with Crippen molar-refractivity contribution in [3.05, 3.63) is 0 Å². The van der Waals surface area contributed by atoms with Crippen LogP contribution in [0.5, 0.6) is 0 Å². The van der Waals surface area contributed by atoms with E-state index in [9.17, 15) is 0 Å². The number of nitrogens with two attached hydrogens (primary N) is 1. The molecule has 2 unspecified atom stereocenters. The summed E-state index contributed by atoms with van der Waals surface area (Å²) in [4.78, 5) is 0. The predicted octanol–water partition coefficient (Wildman–Crippen LogP) is 0.738. The van der Waals surface area contributed by atoms with Gasteiger partial charge < -0.3 is 15.8 Å². The van der Waals surface area contributed by atoms with Crippen molar-refractivity contribution in [1.82, 2.24) is 5.32 Å². The highest BCUT2D eigenvalue weighted by atomic mass is 16.5. The Morgan fingerprint density at radius 2 is 2.21 bits per heavy atom.